The molecule has 1 N–H and O–H groups in total. The lowest BCUT2D eigenvalue weighted by Gasteiger charge is -2.13. The molecule has 0 unspecified atom stereocenters. The van der Waals surface area contributed by atoms with Gasteiger partial charge >= 0.3 is 0 Å². The van der Waals surface area contributed by atoms with E-state index in [2.05, 4.69) is 39.4 Å². The van der Waals surface area contributed by atoms with Crippen LogP contribution in [0.1, 0.15) is 12.5 Å². The normalized spacial score (nSPS) is 12.5. The Labute approximate surface area is 129 Å². The van der Waals surface area contributed by atoms with Gasteiger partial charge in [0.05, 0.1) is 23.9 Å². The predicted octanol–water partition coefficient (Wildman–Crippen LogP) is 2.57. The number of aryl methyl sites for hydroxylation is 1. The molecule has 114 valence electrons. The molecule has 0 saturated heterocycles. The van der Waals surface area contributed by atoms with Gasteiger partial charge in [-0.3, -0.25) is 0 Å². The smallest absolute Gasteiger partial charge is 0.168 e. The largest absolute Gasteiger partial charge is 0.383 e. The standard InChI is InChI=1S/C16H19N5O/c1-11-4-6-13(7-5-11)21-16-14(8-19-21)15(17-10-18-16)20-12(2)9-22-3/h4-8,10,12H,9H2,1-3H3,(H,17,18,20)/t12-/m0/s1. The van der Waals surface area contributed by atoms with Crippen LogP contribution in [0, 0.1) is 6.92 Å². The molecule has 1 aromatic carbocycles. The fraction of sp³-hybridized carbons (Fsp3) is 0.312. The van der Waals surface area contributed by atoms with Crippen LogP contribution in [-0.4, -0.2) is 39.5 Å². The Hall–Kier alpha value is -2.47. The van der Waals surface area contributed by atoms with Crippen molar-refractivity contribution in [1.82, 2.24) is 19.7 Å². The Morgan fingerprint density at radius 3 is 2.73 bits per heavy atom. The topological polar surface area (TPSA) is 64.9 Å². The van der Waals surface area contributed by atoms with Gasteiger partial charge in [-0.15, -0.1) is 0 Å². The first kappa shape index (κ1) is 14.5. The summed E-state index contributed by atoms with van der Waals surface area (Å²) in [5, 5.41) is 8.68. The number of benzene rings is 1. The van der Waals surface area contributed by atoms with Crippen molar-refractivity contribution < 1.29 is 4.74 Å². The van der Waals surface area contributed by atoms with Crippen LogP contribution in [0.3, 0.4) is 0 Å². The van der Waals surface area contributed by atoms with Crippen LogP contribution in [0.15, 0.2) is 36.8 Å². The SMILES string of the molecule is COC[C@H](C)Nc1ncnc2c1cnn2-c1ccc(C)cc1. The molecule has 0 aliphatic heterocycles. The molecule has 3 aromatic rings. The van der Waals surface area contributed by atoms with Gasteiger partial charge in [-0.25, -0.2) is 14.6 Å². The number of hydrogen-bond donors (Lipinski definition) is 1. The number of fused-ring (bicyclic) bond motifs is 1. The third-order valence-corrected chi connectivity index (χ3v) is 3.44. The Bertz CT molecular complexity index is 766. The van der Waals surface area contributed by atoms with Crippen LogP contribution in [0.25, 0.3) is 16.7 Å². The number of rotatable bonds is 5. The van der Waals surface area contributed by atoms with Gasteiger partial charge in [0.15, 0.2) is 5.65 Å². The number of hydrogen-bond acceptors (Lipinski definition) is 5. The molecule has 22 heavy (non-hydrogen) atoms. The van der Waals surface area contributed by atoms with Crippen molar-refractivity contribution in [3.05, 3.63) is 42.4 Å². The second-order valence-electron chi connectivity index (χ2n) is 5.35. The van der Waals surface area contributed by atoms with Crippen LogP contribution in [0.4, 0.5) is 5.82 Å². The summed E-state index contributed by atoms with van der Waals surface area (Å²) in [6.45, 7) is 4.71. The van der Waals surface area contributed by atoms with E-state index in [0.29, 0.717) is 6.61 Å². The molecule has 3 rings (SSSR count). The second-order valence-corrected chi connectivity index (χ2v) is 5.35. The van der Waals surface area contributed by atoms with E-state index in [1.807, 2.05) is 23.7 Å². The van der Waals surface area contributed by atoms with Crippen molar-refractivity contribution in [2.75, 3.05) is 19.0 Å². The first-order valence-electron chi connectivity index (χ1n) is 7.20. The van der Waals surface area contributed by atoms with Crippen molar-refractivity contribution in [2.24, 2.45) is 0 Å². The number of nitrogens with zero attached hydrogens (tertiary/aromatic N) is 4. The highest BCUT2D eigenvalue weighted by Gasteiger charge is 2.12. The van der Waals surface area contributed by atoms with E-state index in [1.165, 1.54) is 5.56 Å². The molecule has 6 heteroatoms. The fourth-order valence-corrected chi connectivity index (χ4v) is 2.36. The molecule has 2 aromatic heterocycles. The average molecular weight is 297 g/mol. The molecule has 1 atom stereocenters. The maximum absolute atomic E-state index is 5.15. The Kier molecular flexibility index (Phi) is 4.02. The van der Waals surface area contributed by atoms with E-state index in [1.54, 1.807) is 19.6 Å². The molecule has 0 aliphatic carbocycles. The van der Waals surface area contributed by atoms with Crippen LogP contribution in [-0.2, 0) is 4.74 Å². The highest BCUT2D eigenvalue weighted by molar-refractivity contribution is 5.87. The number of nitrogens with one attached hydrogen (secondary N) is 1. The molecule has 0 saturated carbocycles. The number of anilines is 1. The first-order valence-corrected chi connectivity index (χ1v) is 7.20. The second kappa shape index (κ2) is 6.11. The van der Waals surface area contributed by atoms with Crippen molar-refractivity contribution in [1.29, 1.82) is 0 Å². The molecular formula is C16H19N5O. The number of aromatic nitrogens is 4. The Morgan fingerprint density at radius 2 is 2.00 bits per heavy atom. The van der Waals surface area contributed by atoms with Gasteiger partial charge in [0.25, 0.3) is 0 Å². The molecule has 0 amide bonds. The highest BCUT2D eigenvalue weighted by atomic mass is 16.5. The lowest BCUT2D eigenvalue weighted by Crippen LogP contribution is -2.21. The summed E-state index contributed by atoms with van der Waals surface area (Å²) < 4.78 is 6.97. The quantitative estimate of drug-likeness (QED) is 0.784. The van der Waals surface area contributed by atoms with Gasteiger partial charge in [0, 0.05) is 13.2 Å². The zero-order valence-electron chi connectivity index (χ0n) is 12.9. The average Bonchev–Trinajstić information content (AvgIpc) is 2.93. The summed E-state index contributed by atoms with van der Waals surface area (Å²) in [6, 6.07) is 8.34. The first-order chi connectivity index (χ1) is 10.7. The number of ether oxygens (including phenoxy) is 1. The van der Waals surface area contributed by atoms with E-state index in [9.17, 15) is 0 Å². The minimum absolute atomic E-state index is 0.158. The van der Waals surface area contributed by atoms with Crippen LogP contribution in [0.5, 0.6) is 0 Å². The van der Waals surface area contributed by atoms with Crippen LogP contribution in [0.2, 0.25) is 0 Å². The molecule has 0 aliphatic rings. The van der Waals surface area contributed by atoms with Crippen molar-refractivity contribution >= 4 is 16.9 Å². The van der Waals surface area contributed by atoms with Crippen LogP contribution >= 0.6 is 0 Å². The lowest BCUT2D eigenvalue weighted by molar-refractivity contribution is 0.190. The van der Waals surface area contributed by atoms with Crippen LogP contribution < -0.4 is 5.32 Å². The summed E-state index contributed by atoms with van der Waals surface area (Å²) in [4.78, 5) is 8.69. The molecule has 0 spiro atoms. The monoisotopic (exact) mass is 297 g/mol. The Morgan fingerprint density at radius 1 is 1.23 bits per heavy atom. The highest BCUT2D eigenvalue weighted by Crippen LogP contribution is 2.22. The van der Waals surface area contributed by atoms with Crippen molar-refractivity contribution in [2.45, 2.75) is 19.9 Å². The van der Waals surface area contributed by atoms with E-state index in [4.69, 9.17) is 4.74 Å². The Balaban J connectivity index is 2.00. The minimum Gasteiger partial charge on any atom is -0.383 e. The summed E-state index contributed by atoms with van der Waals surface area (Å²) in [7, 11) is 1.68. The maximum atomic E-state index is 5.15. The van der Waals surface area contributed by atoms with Gasteiger partial charge in [0.1, 0.15) is 12.1 Å². The summed E-state index contributed by atoms with van der Waals surface area (Å²) in [5.41, 5.74) is 2.98. The summed E-state index contributed by atoms with van der Waals surface area (Å²) >= 11 is 0. The van der Waals surface area contributed by atoms with Gasteiger partial charge < -0.3 is 10.1 Å². The van der Waals surface area contributed by atoms with Crippen molar-refractivity contribution in [3.63, 3.8) is 0 Å². The van der Waals surface area contributed by atoms with Gasteiger partial charge in [-0.1, -0.05) is 17.7 Å². The van der Waals surface area contributed by atoms with Crippen molar-refractivity contribution in [3.8, 4) is 5.69 Å². The number of methoxy groups -OCH3 is 1. The van der Waals surface area contributed by atoms with Gasteiger partial charge in [-0.05, 0) is 26.0 Å². The maximum Gasteiger partial charge on any atom is 0.168 e. The predicted molar refractivity (Wildman–Crippen MR) is 86.4 cm³/mol. The zero-order chi connectivity index (χ0) is 15.5. The molecule has 6 nitrogen and oxygen atoms in total. The summed E-state index contributed by atoms with van der Waals surface area (Å²) in [5.74, 6) is 0.771. The zero-order valence-corrected chi connectivity index (χ0v) is 12.9. The molecule has 0 radical (unpaired) electrons. The van der Waals surface area contributed by atoms with E-state index in [-0.39, 0.29) is 6.04 Å². The van der Waals surface area contributed by atoms with E-state index in [0.717, 1.165) is 22.5 Å². The molecule has 0 bridgehead atoms. The molecule has 0 fully saturated rings. The third kappa shape index (κ3) is 2.78. The molecular weight excluding hydrogens is 278 g/mol. The summed E-state index contributed by atoms with van der Waals surface area (Å²) in [6.07, 6.45) is 3.34. The lowest BCUT2D eigenvalue weighted by atomic mass is 10.2. The van der Waals surface area contributed by atoms with Gasteiger partial charge in [-0.2, -0.15) is 5.10 Å². The molecule has 2 heterocycles. The fourth-order valence-electron chi connectivity index (χ4n) is 2.36. The van der Waals surface area contributed by atoms with E-state index < -0.39 is 0 Å². The van der Waals surface area contributed by atoms with E-state index >= 15 is 0 Å². The van der Waals surface area contributed by atoms with Gasteiger partial charge in [0.2, 0.25) is 0 Å². The minimum atomic E-state index is 0.158. The third-order valence-electron chi connectivity index (χ3n) is 3.44.